The van der Waals surface area contributed by atoms with Crippen LogP contribution in [-0.4, -0.2) is 30.3 Å². The highest BCUT2D eigenvalue weighted by molar-refractivity contribution is 5.84. The first-order chi connectivity index (χ1) is 8.74. The van der Waals surface area contributed by atoms with Crippen molar-refractivity contribution >= 4 is 11.7 Å². The van der Waals surface area contributed by atoms with Gasteiger partial charge < -0.3 is 14.7 Å². The molecule has 1 aromatic rings. The van der Waals surface area contributed by atoms with E-state index in [0.717, 1.165) is 18.7 Å². The summed E-state index contributed by atoms with van der Waals surface area (Å²) >= 11 is 0. The van der Waals surface area contributed by atoms with Gasteiger partial charge >= 0.3 is 5.97 Å². The summed E-state index contributed by atoms with van der Waals surface area (Å²) in [5.41, 5.74) is 0.878. The molecule has 1 unspecified atom stereocenters. The molecule has 0 spiro atoms. The molecule has 4 nitrogen and oxygen atoms in total. The van der Waals surface area contributed by atoms with Crippen molar-refractivity contribution in [2.45, 2.75) is 12.5 Å². The Morgan fingerprint density at radius 2 is 2.11 bits per heavy atom. The smallest absolute Gasteiger partial charge is 0.322 e. The third-order valence-corrected chi connectivity index (χ3v) is 3.24. The Hall–Kier alpha value is -1.81. The number of para-hydroxylation sites is 2. The van der Waals surface area contributed by atoms with E-state index in [-0.39, 0.29) is 18.0 Å². The molecule has 3 rings (SSSR count). The minimum Gasteiger partial charge on any atom is -0.424 e. The molecule has 1 aromatic carbocycles. The quantitative estimate of drug-likeness (QED) is 0.496. The fraction of sp³-hybridized carbons (Fsp3) is 0.357. The summed E-state index contributed by atoms with van der Waals surface area (Å²) in [5, 5.41) is 9.57. The van der Waals surface area contributed by atoms with Gasteiger partial charge in [0.1, 0.15) is 0 Å². The van der Waals surface area contributed by atoms with E-state index in [1.165, 1.54) is 0 Å². The fourth-order valence-electron chi connectivity index (χ4n) is 2.15. The van der Waals surface area contributed by atoms with Gasteiger partial charge in [0.05, 0.1) is 17.7 Å². The van der Waals surface area contributed by atoms with Crippen LogP contribution in [0.5, 0.6) is 5.75 Å². The summed E-state index contributed by atoms with van der Waals surface area (Å²) in [6, 6.07) is 7.47. The van der Waals surface area contributed by atoms with Crippen molar-refractivity contribution in [3.05, 3.63) is 36.4 Å². The number of nitrogens with zero attached hydrogens (tertiary/aromatic N) is 1. The zero-order chi connectivity index (χ0) is 12.5. The molecule has 1 atom stereocenters. The average Bonchev–Trinajstić information content (AvgIpc) is 3.13. The van der Waals surface area contributed by atoms with Crippen LogP contribution >= 0.6 is 0 Å². The lowest BCUT2D eigenvalue weighted by Gasteiger charge is -2.20. The number of β-amino-alcohol motifs (C(OH)–C–C–N with tert-alkyl or cyclic N) is 1. The van der Waals surface area contributed by atoms with E-state index in [9.17, 15) is 9.90 Å². The van der Waals surface area contributed by atoms with Gasteiger partial charge in [-0.2, -0.15) is 0 Å². The maximum atomic E-state index is 11.7. The van der Waals surface area contributed by atoms with Gasteiger partial charge in [-0.15, -0.1) is 0 Å². The van der Waals surface area contributed by atoms with E-state index in [1.807, 2.05) is 35.3 Å². The molecule has 1 saturated heterocycles. The molecule has 1 aliphatic carbocycles. The standard InChI is InChI=1S/C14H15NO3/c16-11-7-8-15(9-11)12-3-1-2-4-13(12)18-14(17)10-5-6-10/h1-6,10-11,16H,7-9H2. The largest absolute Gasteiger partial charge is 0.424 e. The normalized spacial score (nSPS) is 22.3. The highest BCUT2D eigenvalue weighted by Gasteiger charge is 2.26. The number of rotatable bonds is 3. The van der Waals surface area contributed by atoms with Crippen molar-refractivity contribution in [2.24, 2.45) is 5.92 Å². The number of esters is 1. The van der Waals surface area contributed by atoms with Crippen LogP contribution in [0.1, 0.15) is 6.42 Å². The van der Waals surface area contributed by atoms with E-state index in [2.05, 4.69) is 0 Å². The van der Waals surface area contributed by atoms with E-state index in [4.69, 9.17) is 4.74 Å². The second-order valence-electron chi connectivity index (χ2n) is 4.69. The predicted octanol–water partition coefficient (Wildman–Crippen LogP) is 1.35. The number of aliphatic hydroxyl groups excluding tert-OH is 1. The first kappa shape index (κ1) is 11.3. The molecule has 0 radical (unpaired) electrons. The molecule has 4 heteroatoms. The minimum absolute atomic E-state index is 0.151. The van der Waals surface area contributed by atoms with Crippen LogP contribution in [0.4, 0.5) is 5.69 Å². The van der Waals surface area contributed by atoms with Crippen molar-refractivity contribution in [3.63, 3.8) is 0 Å². The van der Waals surface area contributed by atoms with Crippen molar-refractivity contribution < 1.29 is 14.6 Å². The summed E-state index contributed by atoms with van der Waals surface area (Å²) in [5.74, 6) is 0.190. The highest BCUT2D eigenvalue weighted by Crippen LogP contribution is 2.32. The van der Waals surface area contributed by atoms with E-state index < -0.39 is 0 Å². The van der Waals surface area contributed by atoms with Crippen molar-refractivity contribution in [2.75, 3.05) is 18.0 Å². The van der Waals surface area contributed by atoms with Gasteiger partial charge in [0.2, 0.25) is 0 Å². The van der Waals surface area contributed by atoms with Crippen LogP contribution in [0.15, 0.2) is 36.4 Å². The number of hydrogen-bond acceptors (Lipinski definition) is 4. The first-order valence-electron chi connectivity index (χ1n) is 6.16. The molecule has 0 aromatic heterocycles. The molecule has 2 aliphatic rings. The molecule has 18 heavy (non-hydrogen) atoms. The number of hydrogen-bond donors (Lipinski definition) is 1. The molecule has 1 N–H and O–H groups in total. The zero-order valence-electron chi connectivity index (χ0n) is 9.95. The summed E-state index contributed by atoms with van der Waals surface area (Å²) in [6.45, 7) is 1.38. The van der Waals surface area contributed by atoms with Gasteiger partial charge in [0, 0.05) is 13.1 Å². The molecule has 1 heterocycles. The van der Waals surface area contributed by atoms with Crippen molar-refractivity contribution in [1.82, 2.24) is 0 Å². The maximum Gasteiger partial charge on any atom is 0.322 e. The van der Waals surface area contributed by atoms with Crippen LogP contribution in [0, 0.1) is 5.92 Å². The maximum absolute atomic E-state index is 11.7. The number of carbonyl (C=O) groups excluding carboxylic acids is 1. The van der Waals surface area contributed by atoms with Crippen LogP contribution in [-0.2, 0) is 4.79 Å². The molecule has 94 valence electrons. The lowest BCUT2D eigenvalue weighted by atomic mass is 10.2. The molecular weight excluding hydrogens is 230 g/mol. The summed E-state index contributed by atoms with van der Waals surface area (Å²) < 4.78 is 5.39. The summed E-state index contributed by atoms with van der Waals surface area (Å²) in [4.78, 5) is 13.7. The molecule has 0 amide bonds. The third-order valence-electron chi connectivity index (χ3n) is 3.24. The Morgan fingerprint density at radius 1 is 1.33 bits per heavy atom. The molecular formula is C14H15NO3. The number of ether oxygens (including phenoxy) is 1. The number of aliphatic hydroxyl groups is 1. The minimum atomic E-state index is -0.293. The lowest BCUT2D eigenvalue weighted by Crippen LogP contribution is -2.22. The third kappa shape index (κ3) is 2.24. The van der Waals surface area contributed by atoms with Gasteiger partial charge in [0.25, 0.3) is 0 Å². The lowest BCUT2D eigenvalue weighted by molar-refractivity contribution is -0.135. The molecule has 0 saturated carbocycles. The Bertz CT molecular complexity index is 492. The van der Waals surface area contributed by atoms with Gasteiger partial charge in [-0.3, -0.25) is 4.79 Å². The molecule has 1 fully saturated rings. The van der Waals surface area contributed by atoms with Crippen LogP contribution in [0.3, 0.4) is 0 Å². The molecule has 1 aliphatic heterocycles. The van der Waals surface area contributed by atoms with Crippen molar-refractivity contribution in [3.8, 4) is 5.75 Å². The van der Waals surface area contributed by atoms with E-state index in [0.29, 0.717) is 12.3 Å². The predicted molar refractivity (Wildman–Crippen MR) is 67.5 cm³/mol. The summed E-state index contributed by atoms with van der Waals surface area (Å²) in [6.07, 6.45) is 4.08. The number of carbonyl (C=O) groups is 1. The molecule has 0 bridgehead atoms. The Morgan fingerprint density at radius 3 is 2.78 bits per heavy atom. The average molecular weight is 245 g/mol. The van der Waals surface area contributed by atoms with E-state index in [1.54, 1.807) is 6.07 Å². The second kappa shape index (κ2) is 4.46. The Labute approximate surface area is 105 Å². The van der Waals surface area contributed by atoms with Crippen molar-refractivity contribution in [1.29, 1.82) is 0 Å². The van der Waals surface area contributed by atoms with Crippen LogP contribution in [0.2, 0.25) is 0 Å². The van der Waals surface area contributed by atoms with Gasteiger partial charge in [-0.1, -0.05) is 24.3 Å². The van der Waals surface area contributed by atoms with Gasteiger partial charge in [0.15, 0.2) is 5.75 Å². The number of anilines is 1. The van der Waals surface area contributed by atoms with Gasteiger partial charge in [-0.25, -0.2) is 0 Å². The van der Waals surface area contributed by atoms with E-state index >= 15 is 0 Å². The fourth-order valence-corrected chi connectivity index (χ4v) is 2.15. The zero-order valence-corrected chi connectivity index (χ0v) is 9.95. The van der Waals surface area contributed by atoms with Gasteiger partial charge in [-0.05, 0) is 18.6 Å². The Kier molecular flexibility index (Phi) is 2.80. The number of benzene rings is 1. The van der Waals surface area contributed by atoms with Crippen LogP contribution < -0.4 is 9.64 Å². The SMILES string of the molecule is O=C(Oc1ccccc1N1CCC(O)C1)C1C=C1. The monoisotopic (exact) mass is 245 g/mol. The highest BCUT2D eigenvalue weighted by atomic mass is 16.5. The topological polar surface area (TPSA) is 49.8 Å². The van der Waals surface area contributed by atoms with Crippen LogP contribution in [0.25, 0.3) is 0 Å². The summed E-state index contributed by atoms with van der Waals surface area (Å²) in [7, 11) is 0. The Balaban J connectivity index is 1.78. The second-order valence-corrected chi connectivity index (χ2v) is 4.69. The first-order valence-corrected chi connectivity index (χ1v) is 6.16.